The van der Waals surface area contributed by atoms with Crippen molar-refractivity contribution >= 4 is 23.2 Å². The Balaban J connectivity index is 2.00. The third kappa shape index (κ3) is 5.27. The molecule has 0 saturated heterocycles. The molecule has 0 spiro atoms. The van der Waals surface area contributed by atoms with Gasteiger partial charge in [0, 0.05) is 23.5 Å². The molecule has 2 aromatic rings. The van der Waals surface area contributed by atoms with Gasteiger partial charge in [-0.25, -0.2) is 0 Å². The van der Waals surface area contributed by atoms with Crippen LogP contribution in [-0.2, 0) is 9.59 Å². The van der Waals surface area contributed by atoms with E-state index in [2.05, 4.69) is 10.6 Å². The molecule has 2 rings (SSSR count). The molecule has 0 atom stereocenters. The first-order chi connectivity index (χ1) is 13.0. The Kier molecular flexibility index (Phi) is 6.87. The number of ether oxygens (including phenoxy) is 4. The van der Waals surface area contributed by atoms with Crippen LogP contribution in [0.4, 0.5) is 11.4 Å². The van der Waals surface area contributed by atoms with Crippen molar-refractivity contribution in [1.82, 2.24) is 0 Å². The van der Waals surface area contributed by atoms with Crippen molar-refractivity contribution in [2.24, 2.45) is 0 Å². The van der Waals surface area contributed by atoms with Crippen molar-refractivity contribution < 1.29 is 28.5 Å². The minimum atomic E-state index is -0.477. The average molecular weight is 374 g/mol. The van der Waals surface area contributed by atoms with Gasteiger partial charge in [-0.05, 0) is 24.3 Å². The van der Waals surface area contributed by atoms with Crippen LogP contribution < -0.4 is 29.6 Å². The van der Waals surface area contributed by atoms with Crippen molar-refractivity contribution in [2.75, 3.05) is 39.1 Å². The molecule has 0 aliphatic rings. The lowest BCUT2D eigenvalue weighted by Crippen LogP contribution is -2.21. The fourth-order valence-electron chi connectivity index (χ4n) is 2.38. The van der Waals surface area contributed by atoms with Gasteiger partial charge in [0.2, 0.25) is 17.6 Å². The van der Waals surface area contributed by atoms with Crippen LogP contribution in [0.25, 0.3) is 0 Å². The molecule has 2 N–H and O–H groups in total. The highest BCUT2D eigenvalue weighted by Gasteiger charge is 2.16. The van der Waals surface area contributed by atoms with Gasteiger partial charge in [0.25, 0.3) is 0 Å². The van der Waals surface area contributed by atoms with Crippen LogP contribution in [0.2, 0.25) is 0 Å². The summed E-state index contributed by atoms with van der Waals surface area (Å²) in [5.41, 5.74) is 0.994. The highest BCUT2D eigenvalue weighted by atomic mass is 16.5. The third-order valence-corrected chi connectivity index (χ3v) is 3.64. The summed E-state index contributed by atoms with van der Waals surface area (Å²) in [5.74, 6) is 0.966. The second kappa shape index (κ2) is 9.33. The van der Waals surface area contributed by atoms with Crippen LogP contribution in [0.5, 0.6) is 23.0 Å². The Morgan fingerprint density at radius 3 is 1.70 bits per heavy atom. The summed E-state index contributed by atoms with van der Waals surface area (Å²) in [6, 6.07) is 9.97. The number of hydrogen-bond donors (Lipinski definition) is 2. The molecule has 0 radical (unpaired) electrons. The lowest BCUT2D eigenvalue weighted by atomic mass is 10.2. The molecule has 2 aromatic carbocycles. The van der Waals surface area contributed by atoms with Crippen LogP contribution in [0.15, 0.2) is 36.4 Å². The molecule has 2 amide bonds. The van der Waals surface area contributed by atoms with E-state index in [1.54, 1.807) is 43.5 Å². The normalized spacial score (nSPS) is 9.93. The fourth-order valence-corrected chi connectivity index (χ4v) is 2.38. The first-order valence-corrected chi connectivity index (χ1v) is 8.04. The fraction of sp³-hybridized carbons (Fsp3) is 0.263. The lowest BCUT2D eigenvalue weighted by molar-refractivity contribution is -0.123. The van der Waals surface area contributed by atoms with Gasteiger partial charge in [0.05, 0.1) is 28.4 Å². The summed E-state index contributed by atoms with van der Waals surface area (Å²) < 4.78 is 20.8. The monoisotopic (exact) mass is 374 g/mol. The molecule has 0 unspecified atom stereocenters. The Bertz CT molecular complexity index is 779. The van der Waals surface area contributed by atoms with Crippen LogP contribution >= 0.6 is 0 Å². The van der Waals surface area contributed by atoms with Crippen molar-refractivity contribution in [3.8, 4) is 23.0 Å². The summed E-state index contributed by atoms with van der Waals surface area (Å²) in [5, 5.41) is 5.29. The number of amides is 2. The predicted octanol–water partition coefficient (Wildman–Crippen LogP) is 2.69. The zero-order valence-electron chi connectivity index (χ0n) is 15.6. The van der Waals surface area contributed by atoms with E-state index in [-0.39, 0.29) is 6.42 Å². The number of rotatable bonds is 8. The largest absolute Gasteiger partial charge is 0.497 e. The number of nitrogens with one attached hydrogen (secondary N) is 2. The zero-order chi connectivity index (χ0) is 19.8. The molecule has 8 heteroatoms. The van der Waals surface area contributed by atoms with E-state index in [9.17, 15) is 9.59 Å². The van der Waals surface area contributed by atoms with Gasteiger partial charge in [0.15, 0.2) is 11.5 Å². The van der Waals surface area contributed by atoms with Gasteiger partial charge < -0.3 is 29.6 Å². The van der Waals surface area contributed by atoms with E-state index in [0.29, 0.717) is 34.4 Å². The van der Waals surface area contributed by atoms with Crippen molar-refractivity contribution in [2.45, 2.75) is 6.42 Å². The van der Waals surface area contributed by atoms with E-state index in [4.69, 9.17) is 18.9 Å². The standard InChI is InChI=1S/C19H22N2O6/c1-24-14-7-5-12(6-8-14)20-17(22)11-18(23)21-13-9-15(25-2)19(27-4)16(10-13)26-3/h5-10H,11H2,1-4H3,(H,20,22)(H,21,23). The summed E-state index contributed by atoms with van der Waals surface area (Å²) in [4.78, 5) is 24.2. The first kappa shape index (κ1) is 19.9. The van der Waals surface area contributed by atoms with Crippen LogP contribution in [0.3, 0.4) is 0 Å². The SMILES string of the molecule is COc1ccc(NC(=O)CC(=O)Nc2cc(OC)c(OC)c(OC)c2)cc1. The molecule has 0 heterocycles. The highest BCUT2D eigenvalue weighted by Crippen LogP contribution is 2.39. The lowest BCUT2D eigenvalue weighted by Gasteiger charge is -2.14. The van der Waals surface area contributed by atoms with Crippen molar-refractivity contribution in [3.05, 3.63) is 36.4 Å². The van der Waals surface area contributed by atoms with Gasteiger partial charge >= 0.3 is 0 Å². The Morgan fingerprint density at radius 1 is 0.741 bits per heavy atom. The van der Waals surface area contributed by atoms with Gasteiger partial charge in [0.1, 0.15) is 12.2 Å². The Hall–Kier alpha value is -3.42. The highest BCUT2D eigenvalue weighted by molar-refractivity contribution is 6.08. The summed E-state index contributed by atoms with van der Waals surface area (Å²) in [6.07, 6.45) is -0.345. The maximum atomic E-state index is 12.2. The minimum absolute atomic E-state index is 0.345. The third-order valence-electron chi connectivity index (χ3n) is 3.64. The number of hydrogen-bond acceptors (Lipinski definition) is 6. The van der Waals surface area contributed by atoms with E-state index in [1.807, 2.05) is 0 Å². The van der Waals surface area contributed by atoms with Crippen LogP contribution in [0, 0.1) is 0 Å². The zero-order valence-corrected chi connectivity index (χ0v) is 15.6. The maximum absolute atomic E-state index is 12.2. The molecule has 0 fully saturated rings. The van der Waals surface area contributed by atoms with E-state index in [0.717, 1.165) is 0 Å². The smallest absolute Gasteiger partial charge is 0.233 e. The molecule has 0 aliphatic heterocycles. The van der Waals surface area contributed by atoms with Gasteiger partial charge in [-0.15, -0.1) is 0 Å². The van der Waals surface area contributed by atoms with Gasteiger partial charge in [-0.3, -0.25) is 9.59 Å². The first-order valence-electron chi connectivity index (χ1n) is 8.04. The topological polar surface area (TPSA) is 95.1 Å². The molecular formula is C19H22N2O6. The quantitative estimate of drug-likeness (QED) is 0.690. The van der Waals surface area contributed by atoms with Crippen molar-refractivity contribution in [3.63, 3.8) is 0 Å². The number of carbonyl (C=O) groups excluding carboxylic acids is 2. The van der Waals surface area contributed by atoms with E-state index < -0.39 is 11.8 Å². The molecule has 0 aromatic heterocycles. The Labute approximate surface area is 157 Å². The number of methoxy groups -OCH3 is 4. The number of anilines is 2. The van der Waals surface area contributed by atoms with Gasteiger partial charge in [-0.2, -0.15) is 0 Å². The van der Waals surface area contributed by atoms with E-state index in [1.165, 1.54) is 21.3 Å². The summed E-state index contributed by atoms with van der Waals surface area (Å²) in [6.45, 7) is 0. The van der Waals surface area contributed by atoms with E-state index >= 15 is 0 Å². The summed E-state index contributed by atoms with van der Waals surface area (Å²) >= 11 is 0. The summed E-state index contributed by atoms with van der Waals surface area (Å²) in [7, 11) is 6.00. The van der Waals surface area contributed by atoms with Gasteiger partial charge in [-0.1, -0.05) is 0 Å². The second-order valence-electron chi connectivity index (χ2n) is 5.42. The van der Waals surface area contributed by atoms with Crippen LogP contribution in [0.1, 0.15) is 6.42 Å². The Morgan fingerprint density at radius 2 is 1.26 bits per heavy atom. The molecule has 0 aliphatic carbocycles. The predicted molar refractivity (Wildman–Crippen MR) is 101 cm³/mol. The molecule has 144 valence electrons. The second-order valence-corrected chi connectivity index (χ2v) is 5.42. The maximum Gasteiger partial charge on any atom is 0.233 e. The van der Waals surface area contributed by atoms with Crippen LogP contribution in [-0.4, -0.2) is 40.3 Å². The molecule has 8 nitrogen and oxygen atoms in total. The minimum Gasteiger partial charge on any atom is -0.497 e. The molecular weight excluding hydrogens is 352 g/mol. The molecule has 27 heavy (non-hydrogen) atoms. The number of benzene rings is 2. The number of carbonyl (C=O) groups is 2. The molecule has 0 bridgehead atoms. The average Bonchev–Trinajstić information content (AvgIpc) is 2.67. The van der Waals surface area contributed by atoms with Crippen molar-refractivity contribution in [1.29, 1.82) is 0 Å². The molecule has 0 saturated carbocycles.